The van der Waals surface area contributed by atoms with E-state index < -0.39 is 0 Å². The van der Waals surface area contributed by atoms with E-state index in [1.807, 2.05) is 25.1 Å². The molecule has 0 aromatic carbocycles. The number of piperidine rings is 1. The first kappa shape index (κ1) is 17.2. The van der Waals surface area contributed by atoms with E-state index in [1.54, 1.807) is 17.1 Å². The zero-order valence-corrected chi connectivity index (χ0v) is 15.4. The van der Waals surface area contributed by atoms with Crippen LogP contribution in [0.2, 0.25) is 0 Å². The zero-order valence-electron chi connectivity index (χ0n) is 15.4. The molecule has 1 aliphatic heterocycles. The molecule has 26 heavy (non-hydrogen) atoms. The van der Waals surface area contributed by atoms with Crippen molar-refractivity contribution in [3.8, 4) is 5.82 Å². The molecular formula is C20H27N5O. The first-order chi connectivity index (χ1) is 12.8. The molecule has 0 bridgehead atoms. The van der Waals surface area contributed by atoms with Gasteiger partial charge in [-0.05, 0) is 50.8 Å². The predicted octanol–water partition coefficient (Wildman–Crippen LogP) is 2.58. The van der Waals surface area contributed by atoms with E-state index in [2.05, 4.69) is 20.3 Å². The minimum absolute atomic E-state index is 0.0228. The monoisotopic (exact) mass is 353 g/mol. The lowest BCUT2D eigenvalue weighted by atomic mass is 10.0. The average molecular weight is 353 g/mol. The summed E-state index contributed by atoms with van der Waals surface area (Å²) in [6.07, 6.45) is 10.5. The number of nitrogens with one attached hydrogen (secondary N) is 1. The van der Waals surface area contributed by atoms with Crippen LogP contribution in [0.3, 0.4) is 0 Å². The fourth-order valence-corrected chi connectivity index (χ4v) is 4.01. The Morgan fingerprint density at radius 2 is 2.15 bits per heavy atom. The highest BCUT2D eigenvalue weighted by atomic mass is 16.1. The van der Waals surface area contributed by atoms with Crippen molar-refractivity contribution in [3.05, 3.63) is 41.9 Å². The third-order valence-corrected chi connectivity index (χ3v) is 5.50. The zero-order chi connectivity index (χ0) is 17.9. The van der Waals surface area contributed by atoms with Crippen molar-refractivity contribution in [2.75, 3.05) is 13.1 Å². The van der Waals surface area contributed by atoms with Crippen molar-refractivity contribution in [2.24, 2.45) is 0 Å². The summed E-state index contributed by atoms with van der Waals surface area (Å²) in [5.41, 5.74) is 1.57. The summed E-state index contributed by atoms with van der Waals surface area (Å²) in [5, 5.41) is 7.58. The minimum atomic E-state index is -0.0228. The number of pyridine rings is 1. The van der Waals surface area contributed by atoms with Crippen molar-refractivity contribution in [1.82, 2.24) is 25.0 Å². The number of hydrogen-bond donors (Lipinski definition) is 1. The number of carbonyl (C=O) groups is 1. The number of amides is 1. The molecule has 1 aliphatic carbocycles. The van der Waals surface area contributed by atoms with E-state index in [9.17, 15) is 4.79 Å². The Morgan fingerprint density at radius 1 is 1.27 bits per heavy atom. The summed E-state index contributed by atoms with van der Waals surface area (Å²) in [4.78, 5) is 19.8. The number of rotatable bonds is 6. The molecule has 3 heterocycles. The normalized spacial score (nSPS) is 20.9. The standard InChI is InChI=1S/C20H27N5O/c1-2-18-17(14-23-25(18)19-8-3-5-11-21-19)20(26)22-13-16-7-4-6-12-24(16)15-9-10-15/h3,5,8,11,14-16H,2,4,6-7,9-10,12-13H2,1H3,(H,22,26). The first-order valence-corrected chi connectivity index (χ1v) is 9.80. The maximum atomic E-state index is 12.8. The smallest absolute Gasteiger partial charge is 0.254 e. The lowest BCUT2D eigenvalue weighted by molar-refractivity contribution is 0.0905. The highest BCUT2D eigenvalue weighted by molar-refractivity contribution is 5.95. The number of nitrogens with zero attached hydrogens (tertiary/aromatic N) is 4. The molecule has 2 aliphatic rings. The van der Waals surface area contributed by atoms with E-state index >= 15 is 0 Å². The molecule has 2 aromatic rings. The molecule has 1 unspecified atom stereocenters. The Hall–Kier alpha value is -2.21. The van der Waals surface area contributed by atoms with Gasteiger partial charge in [0.1, 0.15) is 0 Å². The molecule has 2 fully saturated rings. The van der Waals surface area contributed by atoms with Crippen molar-refractivity contribution in [2.45, 2.75) is 57.5 Å². The third-order valence-electron chi connectivity index (χ3n) is 5.50. The predicted molar refractivity (Wildman–Crippen MR) is 100 cm³/mol. The van der Waals surface area contributed by atoms with E-state index in [-0.39, 0.29) is 5.91 Å². The minimum Gasteiger partial charge on any atom is -0.350 e. The van der Waals surface area contributed by atoms with Gasteiger partial charge in [-0.2, -0.15) is 5.10 Å². The molecule has 0 radical (unpaired) electrons. The second kappa shape index (κ2) is 7.58. The van der Waals surface area contributed by atoms with Gasteiger partial charge in [0.05, 0.1) is 17.5 Å². The van der Waals surface area contributed by atoms with Gasteiger partial charge in [-0.3, -0.25) is 9.69 Å². The Balaban J connectivity index is 1.45. The van der Waals surface area contributed by atoms with Crippen molar-refractivity contribution in [1.29, 1.82) is 0 Å². The van der Waals surface area contributed by atoms with Gasteiger partial charge >= 0.3 is 0 Å². The van der Waals surface area contributed by atoms with Gasteiger partial charge in [0.25, 0.3) is 5.91 Å². The first-order valence-electron chi connectivity index (χ1n) is 9.80. The molecule has 4 rings (SSSR count). The van der Waals surface area contributed by atoms with E-state index in [0.717, 1.165) is 30.5 Å². The van der Waals surface area contributed by atoms with Crippen molar-refractivity contribution < 1.29 is 4.79 Å². The SMILES string of the molecule is CCc1c(C(=O)NCC2CCCCN2C2CC2)cnn1-c1ccccn1. The van der Waals surface area contributed by atoms with Crippen molar-refractivity contribution in [3.63, 3.8) is 0 Å². The van der Waals surface area contributed by atoms with E-state index in [0.29, 0.717) is 11.6 Å². The van der Waals surface area contributed by atoms with Crippen LogP contribution in [0.15, 0.2) is 30.6 Å². The summed E-state index contributed by atoms with van der Waals surface area (Å²) in [7, 11) is 0. The van der Waals surface area contributed by atoms with Crippen LogP contribution in [0.25, 0.3) is 5.82 Å². The van der Waals surface area contributed by atoms with Crippen LogP contribution in [0.4, 0.5) is 0 Å². The van der Waals surface area contributed by atoms with Gasteiger partial charge in [0.2, 0.25) is 0 Å². The van der Waals surface area contributed by atoms with Crippen LogP contribution in [-0.2, 0) is 6.42 Å². The Kier molecular flexibility index (Phi) is 5.02. The van der Waals surface area contributed by atoms with Crippen LogP contribution in [0, 0.1) is 0 Å². The quantitative estimate of drug-likeness (QED) is 0.867. The summed E-state index contributed by atoms with van der Waals surface area (Å²) < 4.78 is 1.77. The van der Waals surface area contributed by atoms with Crippen LogP contribution >= 0.6 is 0 Å². The van der Waals surface area contributed by atoms with Crippen LogP contribution in [0.5, 0.6) is 0 Å². The molecule has 1 saturated heterocycles. The molecule has 6 nitrogen and oxygen atoms in total. The highest BCUT2D eigenvalue weighted by Gasteiger charge is 2.35. The largest absolute Gasteiger partial charge is 0.350 e. The Labute approximate surface area is 154 Å². The molecule has 138 valence electrons. The number of likely N-dealkylation sites (tertiary alicyclic amines) is 1. The maximum Gasteiger partial charge on any atom is 0.254 e. The lowest BCUT2D eigenvalue weighted by Gasteiger charge is -2.36. The number of carbonyl (C=O) groups excluding carboxylic acids is 1. The van der Waals surface area contributed by atoms with E-state index in [4.69, 9.17) is 0 Å². The molecule has 0 spiro atoms. The average Bonchev–Trinajstić information content (AvgIpc) is 3.45. The summed E-state index contributed by atoms with van der Waals surface area (Å²) >= 11 is 0. The number of hydrogen-bond acceptors (Lipinski definition) is 4. The molecular weight excluding hydrogens is 326 g/mol. The van der Waals surface area contributed by atoms with Crippen LogP contribution < -0.4 is 5.32 Å². The second-order valence-electron chi connectivity index (χ2n) is 7.29. The fourth-order valence-electron chi connectivity index (χ4n) is 4.01. The van der Waals surface area contributed by atoms with Crippen LogP contribution in [0.1, 0.15) is 55.1 Å². The van der Waals surface area contributed by atoms with Gasteiger partial charge < -0.3 is 5.32 Å². The fraction of sp³-hybridized carbons (Fsp3) is 0.550. The van der Waals surface area contributed by atoms with Crippen LogP contribution in [-0.4, -0.2) is 50.7 Å². The van der Waals surface area contributed by atoms with Gasteiger partial charge in [0, 0.05) is 24.8 Å². The van der Waals surface area contributed by atoms with Gasteiger partial charge in [-0.25, -0.2) is 9.67 Å². The molecule has 1 atom stereocenters. The summed E-state index contributed by atoms with van der Waals surface area (Å²) in [6.45, 7) is 3.96. The highest BCUT2D eigenvalue weighted by Crippen LogP contribution is 2.32. The van der Waals surface area contributed by atoms with Gasteiger partial charge in [-0.1, -0.05) is 19.4 Å². The maximum absolute atomic E-state index is 12.8. The summed E-state index contributed by atoms with van der Waals surface area (Å²) in [6, 6.07) is 6.95. The molecule has 1 amide bonds. The molecule has 2 aromatic heterocycles. The van der Waals surface area contributed by atoms with Crippen molar-refractivity contribution >= 4 is 5.91 Å². The Morgan fingerprint density at radius 3 is 2.88 bits per heavy atom. The molecule has 1 N–H and O–H groups in total. The lowest BCUT2D eigenvalue weighted by Crippen LogP contribution is -2.47. The topological polar surface area (TPSA) is 63.1 Å². The molecule has 1 saturated carbocycles. The summed E-state index contributed by atoms with van der Waals surface area (Å²) in [5.74, 6) is 0.723. The third kappa shape index (κ3) is 3.51. The molecule has 6 heteroatoms. The Bertz CT molecular complexity index is 753. The van der Waals surface area contributed by atoms with Gasteiger partial charge in [0.15, 0.2) is 5.82 Å². The number of aromatic nitrogens is 3. The second-order valence-corrected chi connectivity index (χ2v) is 7.29. The van der Waals surface area contributed by atoms with E-state index in [1.165, 1.54) is 38.6 Å². The van der Waals surface area contributed by atoms with Gasteiger partial charge in [-0.15, -0.1) is 0 Å².